The summed E-state index contributed by atoms with van der Waals surface area (Å²) >= 11 is 7.30. The van der Waals surface area contributed by atoms with E-state index in [1.807, 2.05) is 18.2 Å². The number of carbonyl (C=O) groups is 1. The van der Waals surface area contributed by atoms with Crippen molar-refractivity contribution in [2.45, 2.75) is 5.03 Å². The van der Waals surface area contributed by atoms with E-state index in [4.69, 9.17) is 11.6 Å². The van der Waals surface area contributed by atoms with Crippen LogP contribution in [-0.4, -0.2) is 48.0 Å². The molecule has 1 aliphatic heterocycles. The number of halogens is 1. The van der Waals surface area contributed by atoms with Crippen molar-refractivity contribution in [1.82, 2.24) is 10.2 Å². The van der Waals surface area contributed by atoms with Gasteiger partial charge >= 0.3 is 0 Å². The van der Waals surface area contributed by atoms with Crippen molar-refractivity contribution >= 4 is 46.5 Å². The van der Waals surface area contributed by atoms with Gasteiger partial charge in [-0.05, 0) is 42.5 Å². The standard InChI is InChI=1S/C22H22ClN5OS/c23-17-5-4-6-18(15-17)24-21(29)16-30-22-10-9-20(25-26-22)28-13-11-27(12-14-28)19-7-2-1-3-8-19/h1-10,15H,11-14,16H2,(H,24,29). The second-order valence-corrected chi connectivity index (χ2v) is 8.32. The van der Waals surface area contributed by atoms with Crippen LogP contribution in [0.3, 0.4) is 0 Å². The van der Waals surface area contributed by atoms with Gasteiger partial charge < -0.3 is 15.1 Å². The Morgan fingerprint density at radius 3 is 2.40 bits per heavy atom. The minimum absolute atomic E-state index is 0.106. The molecule has 0 aliphatic carbocycles. The van der Waals surface area contributed by atoms with E-state index in [1.165, 1.54) is 17.4 Å². The first-order chi connectivity index (χ1) is 14.7. The molecule has 1 N–H and O–H groups in total. The van der Waals surface area contributed by atoms with Gasteiger partial charge in [0, 0.05) is 42.6 Å². The largest absolute Gasteiger partial charge is 0.368 e. The Bertz CT molecular complexity index is 978. The Morgan fingerprint density at radius 1 is 0.933 bits per heavy atom. The molecule has 8 heteroatoms. The number of carbonyl (C=O) groups excluding carboxylic acids is 1. The van der Waals surface area contributed by atoms with Gasteiger partial charge in [-0.3, -0.25) is 4.79 Å². The third-order valence-corrected chi connectivity index (χ3v) is 5.97. The molecule has 1 aliphatic rings. The number of piperazine rings is 1. The summed E-state index contributed by atoms with van der Waals surface area (Å²) in [4.78, 5) is 16.7. The molecule has 4 rings (SSSR count). The van der Waals surface area contributed by atoms with E-state index >= 15 is 0 Å². The van der Waals surface area contributed by atoms with Crippen molar-refractivity contribution < 1.29 is 4.79 Å². The Kier molecular flexibility index (Phi) is 6.71. The number of amides is 1. The van der Waals surface area contributed by atoms with Crippen molar-refractivity contribution in [3.63, 3.8) is 0 Å². The Hall–Kier alpha value is -2.77. The lowest BCUT2D eigenvalue weighted by molar-refractivity contribution is -0.113. The molecule has 0 unspecified atom stereocenters. The van der Waals surface area contributed by atoms with Gasteiger partial charge in [0.25, 0.3) is 0 Å². The predicted molar refractivity (Wildman–Crippen MR) is 124 cm³/mol. The fourth-order valence-corrected chi connectivity index (χ4v) is 4.10. The highest BCUT2D eigenvalue weighted by Crippen LogP contribution is 2.21. The summed E-state index contributed by atoms with van der Waals surface area (Å²) in [5.74, 6) is 1.02. The molecule has 154 valence electrons. The van der Waals surface area contributed by atoms with Crippen molar-refractivity contribution in [1.29, 1.82) is 0 Å². The molecule has 30 heavy (non-hydrogen) atoms. The molecule has 0 spiro atoms. The summed E-state index contributed by atoms with van der Waals surface area (Å²) < 4.78 is 0. The number of nitrogens with one attached hydrogen (secondary N) is 1. The Morgan fingerprint density at radius 2 is 1.70 bits per heavy atom. The van der Waals surface area contributed by atoms with E-state index in [2.05, 4.69) is 49.6 Å². The number of rotatable bonds is 6. The zero-order valence-electron chi connectivity index (χ0n) is 16.4. The van der Waals surface area contributed by atoms with Gasteiger partial charge in [-0.2, -0.15) is 0 Å². The number of nitrogens with zero attached hydrogens (tertiary/aromatic N) is 4. The SMILES string of the molecule is O=C(CSc1ccc(N2CCN(c3ccccc3)CC2)nn1)Nc1cccc(Cl)c1. The number of benzene rings is 2. The average Bonchev–Trinajstić information content (AvgIpc) is 2.79. The molecule has 2 heterocycles. The van der Waals surface area contributed by atoms with E-state index in [0.717, 1.165) is 37.0 Å². The van der Waals surface area contributed by atoms with Crippen LogP contribution in [0.2, 0.25) is 5.02 Å². The number of para-hydroxylation sites is 1. The van der Waals surface area contributed by atoms with Crippen LogP contribution in [0, 0.1) is 0 Å². The van der Waals surface area contributed by atoms with Crippen LogP contribution < -0.4 is 15.1 Å². The zero-order valence-corrected chi connectivity index (χ0v) is 17.9. The van der Waals surface area contributed by atoms with Crippen molar-refractivity contribution in [3.05, 3.63) is 71.8 Å². The molecule has 0 bridgehead atoms. The molecule has 3 aromatic rings. The molecule has 1 saturated heterocycles. The fourth-order valence-electron chi connectivity index (χ4n) is 3.29. The van der Waals surface area contributed by atoms with E-state index in [-0.39, 0.29) is 11.7 Å². The average molecular weight is 440 g/mol. The van der Waals surface area contributed by atoms with E-state index in [0.29, 0.717) is 10.7 Å². The van der Waals surface area contributed by atoms with E-state index in [1.54, 1.807) is 24.3 Å². The van der Waals surface area contributed by atoms with E-state index in [9.17, 15) is 4.79 Å². The van der Waals surface area contributed by atoms with Gasteiger partial charge in [0.15, 0.2) is 5.82 Å². The number of hydrogen-bond donors (Lipinski definition) is 1. The highest BCUT2D eigenvalue weighted by molar-refractivity contribution is 7.99. The summed E-state index contributed by atoms with van der Waals surface area (Å²) in [7, 11) is 0. The maximum Gasteiger partial charge on any atom is 0.234 e. The van der Waals surface area contributed by atoms with Crippen LogP contribution in [0.5, 0.6) is 0 Å². The van der Waals surface area contributed by atoms with Crippen LogP contribution in [0.1, 0.15) is 0 Å². The molecule has 1 aromatic heterocycles. The summed E-state index contributed by atoms with van der Waals surface area (Å²) in [5.41, 5.74) is 1.94. The topological polar surface area (TPSA) is 61.4 Å². The summed E-state index contributed by atoms with van der Waals surface area (Å²) in [6, 6.07) is 21.4. The highest BCUT2D eigenvalue weighted by atomic mass is 35.5. The zero-order chi connectivity index (χ0) is 20.8. The maximum atomic E-state index is 12.1. The smallest absolute Gasteiger partial charge is 0.234 e. The van der Waals surface area contributed by atoms with Gasteiger partial charge in [-0.1, -0.05) is 47.6 Å². The van der Waals surface area contributed by atoms with Crippen LogP contribution in [0.4, 0.5) is 17.2 Å². The van der Waals surface area contributed by atoms with Crippen LogP contribution in [0.15, 0.2) is 71.8 Å². The van der Waals surface area contributed by atoms with Gasteiger partial charge in [-0.25, -0.2) is 0 Å². The predicted octanol–water partition coefficient (Wildman–Crippen LogP) is 4.19. The second-order valence-electron chi connectivity index (χ2n) is 6.89. The molecule has 6 nitrogen and oxygen atoms in total. The first-order valence-electron chi connectivity index (χ1n) is 9.74. The Balaban J connectivity index is 1.26. The molecule has 2 aromatic carbocycles. The number of anilines is 3. The lowest BCUT2D eigenvalue weighted by atomic mass is 10.2. The molecule has 1 fully saturated rings. The highest BCUT2D eigenvalue weighted by Gasteiger charge is 2.18. The van der Waals surface area contributed by atoms with Crippen LogP contribution in [0.25, 0.3) is 0 Å². The molecule has 0 radical (unpaired) electrons. The van der Waals surface area contributed by atoms with Gasteiger partial charge in [0.05, 0.1) is 5.75 Å². The van der Waals surface area contributed by atoms with Crippen molar-refractivity contribution in [3.8, 4) is 0 Å². The quantitative estimate of drug-likeness (QED) is 0.581. The first kappa shape index (κ1) is 20.5. The monoisotopic (exact) mass is 439 g/mol. The molecule has 1 amide bonds. The fraction of sp³-hybridized carbons (Fsp3) is 0.227. The third-order valence-electron chi connectivity index (χ3n) is 4.81. The summed E-state index contributed by atoms with van der Waals surface area (Å²) in [6.45, 7) is 3.70. The minimum Gasteiger partial charge on any atom is -0.368 e. The van der Waals surface area contributed by atoms with E-state index < -0.39 is 0 Å². The molecule has 0 saturated carbocycles. The lowest BCUT2D eigenvalue weighted by Gasteiger charge is -2.36. The molecular weight excluding hydrogens is 418 g/mol. The van der Waals surface area contributed by atoms with Crippen LogP contribution in [-0.2, 0) is 4.79 Å². The minimum atomic E-state index is -0.106. The number of aromatic nitrogens is 2. The lowest BCUT2D eigenvalue weighted by Crippen LogP contribution is -2.46. The van der Waals surface area contributed by atoms with Gasteiger partial charge in [-0.15, -0.1) is 10.2 Å². The number of thioether (sulfide) groups is 1. The number of hydrogen-bond acceptors (Lipinski definition) is 6. The normalized spacial score (nSPS) is 13.9. The summed E-state index contributed by atoms with van der Waals surface area (Å²) in [5, 5.41) is 12.8. The third kappa shape index (κ3) is 5.43. The van der Waals surface area contributed by atoms with Crippen molar-refractivity contribution in [2.24, 2.45) is 0 Å². The molecular formula is C22H22ClN5OS. The Labute approximate surface area is 185 Å². The van der Waals surface area contributed by atoms with Gasteiger partial charge in [0.1, 0.15) is 5.03 Å². The van der Waals surface area contributed by atoms with Gasteiger partial charge in [0.2, 0.25) is 5.91 Å². The first-order valence-corrected chi connectivity index (χ1v) is 11.1. The van der Waals surface area contributed by atoms with Crippen molar-refractivity contribution in [2.75, 3.05) is 47.0 Å². The summed E-state index contributed by atoms with van der Waals surface area (Å²) in [6.07, 6.45) is 0. The molecule has 0 atom stereocenters. The second kappa shape index (κ2) is 9.82. The maximum absolute atomic E-state index is 12.1. The van der Waals surface area contributed by atoms with Crippen LogP contribution >= 0.6 is 23.4 Å².